The third kappa shape index (κ3) is 5.51. The number of carbonyl (C=O) groups excluding carboxylic acids is 4. The van der Waals surface area contributed by atoms with Crippen molar-refractivity contribution in [3.8, 4) is 0 Å². The molecule has 0 heterocycles. The molecule has 29 heavy (non-hydrogen) atoms. The highest BCUT2D eigenvalue weighted by molar-refractivity contribution is 6.04. The predicted molar refractivity (Wildman–Crippen MR) is 107 cm³/mol. The van der Waals surface area contributed by atoms with Gasteiger partial charge in [-0.05, 0) is 37.1 Å². The Bertz CT molecular complexity index is 902. The molecule has 2 N–H and O–H groups in total. The summed E-state index contributed by atoms with van der Waals surface area (Å²) in [4.78, 5) is 47.4. The quantitative estimate of drug-likeness (QED) is 0.555. The third-order valence-electron chi connectivity index (χ3n) is 4.75. The molecule has 7 heteroatoms. The average molecular weight is 394 g/mol. The first kappa shape index (κ1) is 20.3. The molecule has 0 spiro atoms. The molecule has 2 amide bonds. The first-order valence-corrected chi connectivity index (χ1v) is 9.49. The van der Waals surface area contributed by atoms with Crippen LogP contribution in [-0.4, -0.2) is 36.7 Å². The van der Waals surface area contributed by atoms with Gasteiger partial charge in [-0.15, -0.1) is 0 Å². The molecule has 2 aromatic rings. The highest BCUT2D eigenvalue weighted by Gasteiger charge is 2.20. The number of esters is 1. The SMILES string of the molecule is O=Cc1ccc(C(=O)OCC(=O)Nc2ccccc2C(=O)NC2CCCC2)cc1. The topological polar surface area (TPSA) is 102 Å². The third-order valence-corrected chi connectivity index (χ3v) is 4.75. The second-order valence-corrected chi connectivity index (χ2v) is 6.86. The van der Waals surface area contributed by atoms with Gasteiger partial charge in [0.25, 0.3) is 11.8 Å². The fourth-order valence-electron chi connectivity index (χ4n) is 3.22. The molecular weight excluding hydrogens is 372 g/mol. The van der Waals surface area contributed by atoms with Gasteiger partial charge in [0.2, 0.25) is 0 Å². The lowest BCUT2D eigenvalue weighted by molar-refractivity contribution is -0.119. The van der Waals surface area contributed by atoms with Gasteiger partial charge in [-0.2, -0.15) is 0 Å². The van der Waals surface area contributed by atoms with Crippen LogP contribution in [0.25, 0.3) is 0 Å². The molecule has 0 atom stereocenters. The maximum absolute atomic E-state index is 12.5. The van der Waals surface area contributed by atoms with Crippen LogP contribution in [0.1, 0.15) is 56.8 Å². The zero-order valence-electron chi connectivity index (χ0n) is 15.9. The first-order chi connectivity index (χ1) is 14.1. The van der Waals surface area contributed by atoms with Crippen LogP contribution in [0, 0.1) is 0 Å². The van der Waals surface area contributed by atoms with Crippen molar-refractivity contribution in [1.82, 2.24) is 5.32 Å². The minimum Gasteiger partial charge on any atom is -0.452 e. The first-order valence-electron chi connectivity index (χ1n) is 9.49. The highest BCUT2D eigenvalue weighted by atomic mass is 16.5. The van der Waals surface area contributed by atoms with Gasteiger partial charge in [0.1, 0.15) is 6.29 Å². The van der Waals surface area contributed by atoms with Gasteiger partial charge >= 0.3 is 5.97 Å². The molecular formula is C22H22N2O5. The second kappa shape index (κ2) is 9.64. The number of para-hydroxylation sites is 1. The van der Waals surface area contributed by atoms with Crippen LogP contribution < -0.4 is 10.6 Å². The summed E-state index contributed by atoms with van der Waals surface area (Å²) in [6, 6.07) is 12.7. The van der Waals surface area contributed by atoms with Gasteiger partial charge in [0.15, 0.2) is 6.61 Å². The van der Waals surface area contributed by atoms with Crippen LogP contribution in [0.3, 0.4) is 0 Å². The second-order valence-electron chi connectivity index (χ2n) is 6.86. The molecule has 0 radical (unpaired) electrons. The molecule has 150 valence electrons. The van der Waals surface area contributed by atoms with Crippen molar-refractivity contribution in [1.29, 1.82) is 0 Å². The number of hydrogen-bond acceptors (Lipinski definition) is 5. The lowest BCUT2D eigenvalue weighted by Crippen LogP contribution is -2.33. The molecule has 1 aliphatic rings. The Kier molecular flexibility index (Phi) is 6.73. The molecule has 1 aliphatic carbocycles. The normalized spacial score (nSPS) is 13.5. The zero-order chi connectivity index (χ0) is 20.6. The van der Waals surface area contributed by atoms with Crippen LogP contribution in [0.4, 0.5) is 5.69 Å². The summed E-state index contributed by atoms with van der Waals surface area (Å²) < 4.78 is 5.00. The highest BCUT2D eigenvalue weighted by Crippen LogP contribution is 2.20. The van der Waals surface area contributed by atoms with E-state index in [1.54, 1.807) is 24.3 Å². The van der Waals surface area contributed by atoms with Crippen LogP contribution >= 0.6 is 0 Å². The minimum absolute atomic E-state index is 0.165. The largest absolute Gasteiger partial charge is 0.452 e. The molecule has 0 unspecified atom stereocenters. The van der Waals surface area contributed by atoms with E-state index in [4.69, 9.17) is 4.74 Å². The maximum Gasteiger partial charge on any atom is 0.338 e. The van der Waals surface area contributed by atoms with E-state index >= 15 is 0 Å². The van der Waals surface area contributed by atoms with E-state index in [0.717, 1.165) is 25.7 Å². The van der Waals surface area contributed by atoms with Gasteiger partial charge in [-0.1, -0.05) is 37.1 Å². The Hall–Kier alpha value is -3.48. The zero-order valence-corrected chi connectivity index (χ0v) is 15.9. The molecule has 1 saturated carbocycles. The van der Waals surface area contributed by atoms with E-state index in [-0.39, 0.29) is 17.5 Å². The predicted octanol–water partition coefficient (Wildman–Crippen LogP) is 2.97. The van der Waals surface area contributed by atoms with E-state index in [1.165, 1.54) is 24.3 Å². The smallest absolute Gasteiger partial charge is 0.338 e. The number of nitrogens with one attached hydrogen (secondary N) is 2. The Labute approximate surface area is 168 Å². The van der Waals surface area contributed by atoms with Crippen molar-refractivity contribution in [3.05, 3.63) is 65.2 Å². The Morgan fingerprint density at radius 2 is 1.69 bits per heavy atom. The van der Waals surface area contributed by atoms with Gasteiger partial charge in [-0.3, -0.25) is 14.4 Å². The molecule has 3 rings (SSSR count). The molecule has 0 saturated heterocycles. The van der Waals surface area contributed by atoms with Crippen molar-refractivity contribution < 1.29 is 23.9 Å². The number of aldehydes is 1. The summed E-state index contributed by atoms with van der Waals surface area (Å²) in [5, 5.41) is 5.61. The number of carbonyl (C=O) groups is 4. The Balaban J connectivity index is 1.56. The lowest BCUT2D eigenvalue weighted by Gasteiger charge is -2.15. The van der Waals surface area contributed by atoms with Crippen LogP contribution in [-0.2, 0) is 9.53 Å². The number of amides is 2. The number of ether oxygens (including phenoxy) is 1. The van der Waals surface area contributed by atoms with Gasteiger partial charge in [0.05, 0.1) is 16.8 Å². The fraction of sp³-hybridized carbons (Fsp3) is 0.273. The maximum atomic E-state index is 12.5. The van der Waals surface area contributed by atoms with Crippen LogP contribution in [0.2, 0.25) is 0 Å². The summed E-state index contributed by atoms with van der Waals surface area (Å²) in [7, 11) is 0. The van der Waals surface area contributed by atoms with E-state index in [0.29, 0.717) is 23.1 Å². The Morgan fingerprint density at radius 3 is 2.38 bits per heavy atom. The van der Waals surface area contributed by atoms with Gasteiger partial charge < -0.3 is 15.4 Å². The number of anilines is 1. The summed E-state index contributed by atoms with van der Waals surface area (Å²) >= 11 is 0. The summed E-state index contributed by atoms with van der Waals surface area (Å²) in [5.74, 6) is -1.46. The Morgan fingerprint density at radius 1 is 1.00 bits per heavy atom. The minimum atomic E-state index is -0.676. The lowest BCUT2D eigenvalue weighted by atomic mass is 10.1. The summed E-state index contributed by atoms with van der Waals surface area (Å²) in [6.45, 7) is -0.493. The number of hydrogen-bond donors (Lipinski definition) is 2. The summed E-state index contributed by atoms with van der Waals surface area (Å²) in [5.41, 5.74) is 1.40. The number of benzene rings is 2. The van der Waals surface area contributed by atoms with Crippen LogP contribution in [0.15, 0.2) is 48.5 Å². The summed E-state index contributed by atoms with van der Waals surface area (Å²) in [6.07, 6.45) is 4.80. The molecule has 1 fully saturated rings. The van der Waals surface area contributed by atoms with Crippen LogP contribution in [0.5, 0.6) is 0 Å². The number of rotatable bonds is 7. The van der Waals surface area contributed by atoms with E-state index < -0.39 is 18.5 Å². The van der Waals surface area contributed by atoms with E-state index in [9.17, 15) is 19.2 Å². The molecule has 0 bridgehead atoms. The van der Waals surface area contributed by atoms with Crippen molar-refractivity contribution in [2.45, 2.75) is 31.7 Å². The van der Waals surface area contributed by atoms with E-state index in [1.807, 2.05) is 0 Å². The van der Waals surface area contributed by atoms with Crippen molar-refractivity contribution in [2.24, 2.45) is 0 Å². The monoisotopic (exact) mass is 394 g/mol. The molecule has 0 aromatic heterocycles. The fourth-order valence-corrected chi connectivity index (χ4v) is 3.22. The van der Waals surface area contributed by atoms with Crippen molar-refractivity contribution in [3.63, 3.8) is 0 Å². The van der Waals surface area contributed by atoms with Gasteiger partial charge in [0, 0.05) is 11.6 Å². The molecule has 2 aromatic carbocycles. The van der Waals surface area contributed by atoms with Gasteiger partial charge in [-0.25, -0.2) is 4.79 Å². The van der Waals surface area contributed by atoms with Crippen molar-refractivity contribution >= 4 is 29.8 Å². The average Bonchev–Trinajstić information content (AvgIpc) is 3.25. The standard InChI is InChI=1S/C22H22N2O5/c25-13-15-9-11-16(12-10-15)22(28)29-14-20(26)24-19-8-4-3-7-18(19)21(27)23-17-5-1-2-6-17/h3-4,7-13,17H,1-2,5-6,14H2,(H,23,27)(H,24,26). The van der Waals surface area contributed by atoms with Crippen molar-refractivity contribution in [2.75, 3.05) is 11.9 Å². The molecule has 7 nitrogen and oxygen atoms in total. The van der Waals surface area contributed by atoms with E-state index in [2.05, 4.69) is 10.6 Å². The molecule has 0 aliphatic heterocycles.